The molecule has 4 rings (SSSR count). The molecule has 5 N–H and O–H groups in total. The van der Waals surface area contributed by atoms with E-state index in [2.05, 4.69) is 38.0 Å². The second-order valence-electron chi connectivity index (χ2n) is 8.80. The summed E-state index contributed by atoms with van der Waals surface area (Å²) in [5.41, 5.74) is 6.35. The lowest BCUT2D eigenvalue weighted by Gasteiger charge is -2.38. The van der Waals surface area contributed by atoms with Gasteiger partial charge in [0.05, 0.1) is 16.8 Å². The third-order valence-corrected chi connectivity index (χ3v) is 9.53. The highest BCUT2D eigenvalue weighted by Crippen LogP contribution is 2.39. The van der Waals surface area contributed by atoms with E-state index in [0.717, 1.165) is 19.3 Å². The van der Waals surface area contributed by atoms with Crippen LogP contribution in [0.25, 0.3) is 0 Å². The third-order valence-electron chi connectivity index (χ3n) is 6.30. The van der Waals surface area contributed by atoms with Gasteiger partial charge >= 0.3 is 0 Å². The smallest absolute Gasteiger partial charge is 0.216 e. The van der Waals surface area contributed by atoms with Gasteiger partial charge < -0.3 is 5.32 Å². The summed E-state index contributed by atoms with van der Waals surface area (Å²) in [5.74, 6) is -0.0579. The molecule has 2 aliphatic heterocycles. The number of nitrogens with one attached hydrogen (secondary N) is 5. The zero-order valence-corrected chi connectivity index (χ0v) is 18.3. The summed E-state index contributed by atoms with van der Waals surface area (Å²) < 4.78 is 28.9. The molecule has 0 aromatic heterocycles. The van der Waals surface area contributed by atoms with Crippen LogP contribution in [0.2, 0.25) is 0 Å². The summed E-state index contributed by atoms with van der Waals surface area (Å²) in [6.07, 6.45) is 3.91. The maximum absolute atomic E-state index is 13.0. The fraction of sp³-hybridized carbons (Fsp3) is 0.941. The minimum absolute atomic E-state index is 0.0219. The molecule has 4 fully saturated rings. The van der Waals surface area contributed by atoms with Crippen LogP contribution in [0.15, 0.2) is 0 Å². The molecule has 6 atom stereocenters. The number of carbonyl (C=O) groups excluding carboxylic acids is 1. The third kappa shape index (κ3) is 4.35. The van der Waals surface area contributed by atoms with Crippen molar-refractivity contribution in [1.82, 2.24) is 31.1 Å². The zero-order chi connectivity index (χ0) is 20.1. The molecular formula is C17H32N6O3S2. The number of fused-ring (bicyclic) bond motifs is 1. The van der Waals surface area contributed by atoms with Gasteiger partial charge in [-0.05, 0) is 46.0 Å². The van der Waals surface area contributed by atoms with E-state index < -0.39 is 10.0 Å². The Labute approximate surface area is 171 Å². The first-order valence-electron chi connectivity index (χ1n) is 10.1. The molecule has 2 saturated carbocycles. The highest BCUT2D eigenvalue weighted by Gasteiger charge is 2.51. The molecule has 0 aromatic carbocycles. The largest absolute Gasteiger partial charge is 0.353 e. The predicted octanol–water partition coefficient (Wildman–Crippen LogP) is -0.414. The number of nitrogens with zero attached hydrogens (tertiary/aromatic N) is 1. The minimum Gasteiger partial charge on any atom is -0.353 e. The van der Waals surface area contributed by atoms with Crippen molar-refractivity contribution in [3.05, 3.63) is 0 Å². The summed E-state index contributed by atoms with van der Waals surface area (Å²) in [7, 11) is -3.34. The molecule has 28 heavy (non-hydrogen) atoms. The normalized spacial score (nSPS) is 40.2. The van der Waals surface area contributed by atoms with Crippen molar-refractivity contribution in [2.75, 3.05) is 6.54 Å². The molecular weight excluding hydrogens is 400 g/mol. The van der Waals surface area contributed by atoms with Crippen LogP contribution in [0.5, 0.6) is 0 Å². The summed E-state index contributed by atoms with van der Waals surface area (Å²) >= 11 is 1.77. The van der Waals surface area contributed by atoms with Crippen LogP contribution in [-0.2, 0) is 14.8 Å². The lowest BCUT2D eigenvalue weighted by molar-refractivity contribution is -0.119. The molecule has 1 amide bonds. The van der Waals surface area contributed by atoms with Gasteiger partial charge in [0.25, 0.3) is 0 Å². The van der Waals surface area contributed by atoms with Gasteiger partial charge in [-0.15, -0.1) is 11.8 Å². The lowest BCUT2D eigenvalue weighted by Crippen LogP contribution is -2.56. The monoisotopic (exact) mass is 432 g/mol. The molecule has 2 aliphatic carbocycles. The number of carbonyl (C=O) groups is 1. The van der Waals surface area contributed by atoms with Gasteiger partial charge in [-0.2, -0.15) is 0 Å². The first-order valence-corrected chi connectivity index (χ1v) is 12.6. The first-order chi connectivity index (χ1) is 13.2. The Hall–Kier alpha value is -0.430. The van der Waals surface area contributed by atoms with Gasteiger partial charge in [-0.3, -0.25) is 15.0 Å². The highest BCUT2D eigenvalue weighted by molar-refractivity contribution is 8.00. The van der Waals surface area contributed by atoms with Crippen LogP contribution in [0.4, 0.5) is 0 Å². The Balaban J connectivity index is 1.50. The Morgan fingerprint density at radius 1 is 1.29 bits per heavy atom. The molecule has 0 spiro atoms. The van der Waals surface area contributed by atoms with Crippen LogP contribution in [0.1, 0.15) is 52.9 Å². The van der Waals surface area contributed by atoms with Crippen molar-refractivity contribution in [2.24, 2.45) is 0 Å². The van der Waals surface area contributed by atoms with E-state index >= 15 is 0 Å². The zero-order valence-electron chi connectivity index (χ0n) is 16.7. The number of sulfonamides is 1. The number of hydrogen-bond donors (Lipinski definition) is 5. The minimum atomic E-state index is -3.34. The Morgan fingerprint density at radius 3 is 2.64 bits per heavy atom. The van der Waals surface area contributed by atoms with E-state index in [-0.39, 0.29) is 45.8 Å². The van der Waals surface area contributed by atoms with Crippen LogP contribution < -0.4 is 26.2 Å². The molecule has 4 aliphatic rings. The fourth-order valence-electron chi connectivity index (χ4n) is 4.53. The molecule has 6 unspecified atom stereocenters. The average molecular weight is 433 g/mol. The van der Waals surface area contributed by atoms with Gasteiger partial charge in [0, 0.05) is 31.1 Å². The van der Waals surface area contributed by atoms with Gasteiger partial charge in [0.2, 0.25) is 15.9 Å². The predicted molar refractivity (Wildman–Crippen MR) is 109 cm³/mol. The van der Waals surface area contributed by atoms with E-state index in [9.17, 15) is 13.2 Å². The number of hydrogen-bond acceptors (Lipinski definition) is 8. The summed E-state index contributed by atoms with van der Waals surface area (Å²) in [6.45, 7) is 6.10. The number of hydrazine groups is 1. The topological polar surface area (TPSA) is 115 Å². The quantitative estimate of drug-likeness (QED) is 0.385. The van der Waals surface area contributed by atoms with Gasteiger partial charge in [-0.25, -0.2) is 24.0 Å². The van der Waals surface area contributed by atoms with Gasteiger partial charge in [-0.1, -0.05) is 0 Å². The van der Waals surface area contributed by atoms with Crippen LogP contribution in [-0.4, -0.2) is 65.7 Å². The SMILES string of the molecule is CC(=O)NCC1NC2CCC(S(=O)(=O)NC3(C)CC3)CC2N1C1NNC(C)S1. The first kappa shape index (κ1) is 20.8. The summed E-state index contributed by atoms with van der Waals surface area (Å²) in [4.78, 5) is 13.8. The van der Waals surface area contributed by atoms with Crippen molar-refractivity contribution in [2.45, 2.75) is 92.8 Å². The number of rotatable bonds is 6. The molecule has 2 heterocycles. The number of amides is 1. The van der Waals surface area contributed by atoms with Crippen molar-refractivity contribution >= 4 is 27.7 Å². The molecule has 160 valence electrons. The van der Waals surface area contributed by atoms with Gasteiger partial charge in [0.1, 0.15) is 5.50 Å². The lowest BCUT2D eigenvalue weighted by atomic mass is 9.90. The van der Waals surface area contributed by atoms with Crippen LogP contribution in [0, 0.1) is 0 Å². The maximum atomic E-state index is 13.0. The molecule has 11 heteroatoms. The van der Waals surface area contributed by atoms with Crippen LogP contribution in [0.3, 0.4) is 0 Å². The average Bonchev–Trinajstić information content (AvgIpc) is 3.03. The Morgan fingerprint density at radius 2 is 2.04 bits per heavy atom. The Kier molecular flexibility index (Phi) is 5.71. The van der Waals surface area contributed by atoms with E-state index in [1.807, 2.05) is 6.92 Å². The van der Waals surface area contributed by atoms with Crippen molar-refractivity contribution in [1.29, 1.82) is 0 Å². The van der Waals surface area contributed by atoms with Crippen molar-refractivity contribution in [3.8, 4) is 0 Å². The van der Waals surface area contributed by atoms with Gasteiger partial charge in [0.15, 0.2) is 0 Å². The summed E-state index contributed by atoms with van der Waals surface area (Å²) in [6, 6.07) is 0.346. The molecule has 0 bridgehead atoms. The van der Waals surface area contributed by atoms with Crippen LogP contribution >= 0.6 is 11.8 Å². The maximum Gasteiger partial charge on any atom is 0.216 e. The second kappa shape index (κ2) is 7.68. The highest BCUT2D eigenvalue weighted by atomic mass is 32.2. The van der Waals surface area contributed by atoms with E-state index in [1.165, 1.54) is 6.92 Å². The Bertz CT molecular complexity index is 716. The molecule has 0 radical (unpaired) electrons. The summed E-state index contributed by atoms with van der Waals surface area (Å²) in [5, 5.41) is 6.45. The number of thioether (sulfide) groups is 1. The molecule has 9 nitrogen and oxygen atoms in total. The van der Waals surface area contributed by atoms with E-state index in [0.29, 0.717) is 19.4 Å². The van der Waals surface area contributed by atoms with E-state index in [1.54, 1.807) is 11.8 Å². The molecule has 2 saturated heterocycles. The molecule has 0 aromatic rings. The van der Waals surface area contributed by atoms with E-state index in [4.69, 9.17) is 0 Å². The fourth-order valence-corrected chi connectivity index (χ4v) is 7.59. The standard InChI is InChI=1S/C17H32N6O3S2/c1-10(24)18-9-15-19-13-5-4-12(28(25,26)22-17(3)6-7-17)8-14(13)23(15)16-21-20-11(2)27-16/h11-16,19-22H,4-9H2,1-3H3,(H,18,24). The van der Waals surface area contributed by atoms with Crippen molar-refractivity contribution in [3.63, 3.8) is 0 Å². The second-order valence-corrected chi connectivity index (χ2v) is 12.2. The van der Waals surface area contributed by atoms with Crippen molar-refractivity contribution < 1.29 is 13.2 Å².